The predicted molar refractivity (Wildman–Crippen MR) is 148 cm³/mol. The van der Waals surface area contributed by atoms with E-state index in [1.54, 1.807) is 13.1 Å². The Morgan fingerprint density at radius 3 is 2.56 bits per heavy atom. The van der Waals surface area contributed by atoms with Crippen molar-refractivity contribution < 1.29 is 32.2 Å². The number of fused-ring (bicyclic) bond motifs is 1. The minimum Gasteiger partial charge on any atom is -0.505 e. The number of benzene rings is 2. The van der Waals surface area contributed by atoms with Gasteiger partial charge in [0.2, 0.25) is 0 Å². The highest BCUT2D eigenvalue weighted by molar-refractivity contribution is 7.90. The molecule has 0 saturated heterocycles. The van der Waals surface area contributed by atoms with E-state index in [9.17, 15) is 32.3 Å². The van der Waals surface area contributed by atoms with Gasteiger partial charge in [-0.3, -0.25) is 9.59 Å². The molecule has 4 rings (SSSR count). The molecule has 0 aliphatic carbocycles. The van der Waals surface area contributed by atoms with E-state index < -0.39 is 44.5 Å². The molecule has 214 valence electrons. The topological polar surface area (TPSA) is 159 Å². The number of pyridine rings is 2. The van der Waals surface area contributed by atoms with E-state index >= 15 is 0 Å². The second-order valence-electron chi connectivity index (χ2n) is 9.30. The average molecular weight is 583 g/mol. The van der Waals surface area contributed by atoms with Gasteiger partial charge in [0.05, 0.1) is 10.4 Å². The molecular formula is C28H27FN4O7S. The molecule has 41 heavy (non-hydrogen) atoms. The third-order valence-electron chi connectivity index (χ3n) is 6.20. The van der Waals surface area contributed by atoms with Gasteiger partial charge in [-0.2, -0.15) is 0 Å². The van der Waals surface area contributed by atoms with E-state index in [1.165, 1.54) is 17.0 Å². The van der Waals surface area contributed by atoms with Crippen LogP contribution in [-0.2, 0) is 34.1 Å². The summed E-state index contributed by atoms with van der Waals surface area (Å²) in [6.45, 7) is 0.0174. The van der Waals surface area contributed by atoms with Crippen molar-refractivity contribution in [3.8, 4) is 5.75 Å². The third-order valence-corrected chi connectivity index (χ3v) is 7.38. The van der Waals surface area contributed by atoms with Crippen LogP contribution in [0.25, 0.3) is 11.0 Å². The lowest BCUT2D eigenvalue weighted by Gasteiger charge is -2.17. The number of aromatic nitrogens is 2. The van der Waals surface area contributed by atoms with Gasteiger partial charge in [-0.05, 0) is 35.4 Å². The third kappa shape index (κ3) is 7.06. The minimum absolute atomic E-state index is 0.0415. The largest absolute Gasteiger partial charge is 0.505 e. The molecule has 0 fully saturated rings. The first-order valence-electron chi connectivity index (χ1n) is 12.4. The summed E-state index contributed by atoms with van der Waals surface area (Å²) in [6.07, 6.45) is 0.661. The molecule has 0 spiro atoms. The van der Waals surface area contributed by atoms with E-state index in [2.05, 4.69) is 15.3 Å². The first-order valence-corrected chi connectivity index (χ1v) is 14.3. The molecule has 11 nitrogen and oxygen atoms in total. The van der Waals surface area contributed by atoms with Gasteiger partial charge < -0.3 is 25.0 Å². The monoisotopic (exact) mass is 582 g/mol. The van der Waals surface area contributed by atoms with Crippen molar-refractivity contribution in [2.45, 2.75) is 24.5 Å². The van der Waals surface area contributed by atoms with Gasteiger partial charge >= 0.3 is 6.09 Å². The quantitative estimate of drug-likeness (QED) is 0.272. The Bertz CT molecular complexity index is 1780. The van der Waals surface area contributed by atoms with Gasteiger partial charge in [0.25, 0.3) is 11.5 Å². The number of H-pyrrole nitrogens is 1. The molecule has 0 aliphatic rings. The van der Waals surface area contributed by atoms with Crippen LogP contribution in [0.4, 0.5) is 9.18 Å². The number of ether oxygens (including phenoxy) is 1. The molecule has 0 aliphatic heterocycles. The molecule has 0 saturated carbocycles. The number of carbonyl (C=O) groups is 2. The Kier molecular flexibility index (Phi) is 8.67. The fourth-order valence-electron chi connectivity index (χ4n) is 4.03. The normalized spacial score (nSPS) is 11.3. The maximum Gasteiger partial charge on any atom is 0.409 e. The van der Waals surface area contributed by atoms with E-state index in [-0.39, 0.29) is 47.6 Å². The number of sulfone groups is 1. The van der Waals surface area contributed by atoms with E-state index in [1.807, 2.05) is 30.3 Å². The van der Waals surface area contributed by atoms with Crippen LogP contribution in [0.5, 0.6) is 5.75 Å². The summed E-state index contributed by atoms with van der Waals surface area (Å²) in [6, 6.07) is 15.4. The lowest BCUT2D eigenvalue weighted by molar-refractivity contribution is 0.0946. The summed E-state index contributed by atoms with van der Waals surface area (Å²) in [7, 11) is -2.23. The number of rotatable bonds is 9. The maximum atomic E-state index is 13.6. The van der Waals surface area contributed by atoms with Crippen LogP contribution >= 0.6 is 0 Å². The van der Waals surface area contributed by atoms with Gasteiger partial charge in [-0.25, -0.2) is 22.6 Å². The Labute approximate surface area is 234 Å². The van der Waals surface area contributed by atoms with Crippen LogP contribution in [0.2, 0.25) is 0 Å². The molecule has 0 bridgehead atoms. The highest BCUT2D eigenvalue weighted by Gasteiger charge is 2.22. The second-order valence-corrected chi connectivity index (χ2v) is 11.3. The fraction of sp³-hybridized carbons (Fsp3) is 0.214. The number of nitrogens with one attached hydrogen (secondary N) is 2. The molecule has 2 aromatic carbocycles. The fourth-order valence-corrected chi connectivity index (χ4v) is 4.97. The van der Waals surface area contributed by atoms with Gasteiger partial charge in [-0.15, -0.1) is 0 Å². The molecule has 0 unspecified atom stereocenters. The number of hydrogen-bond donors (Lipinski definition) is 3. The number of aromatic amines is 1. The Morgan fingerprint density at radius 2 is 1.85 bits per heavy atom. The van der Waals surface area contributed by atoms with Gasteiger partial charge in [-0.1, -0.05) is 36.4 Å². The molecule has 2 amide bonds. The first-order chi connectivity index (χ1) is 19.4. The van der Waals surface area contributed by atoms with Crippen molar-refractivity contribution >= 4 is 32.9 Å². The van der Waals surface area contributed by atoms with Crippen LogP contribution in [-0.4, -0.2) is 60.2 Å². The average Bonchev–Trinajstić information content (AvgIpc) is 2.94. The van der Waals surface area contributed by atoms with E-state index in [0.29, 0.717) is 5.69 Å². The molecular weight excluding hydrogens is 555 g/mol. The first kappa shape index (κ1) is 29.2. The van der Waals surface area contributed by atoms with E-state index in [0.717, 1.165) is 24.0 Å². The molecule has 13 heteroatoms. The maximum absolute atomic E-state index is 13.6. The minimum atomic E-state index is -3.80. The zero-order valence-corrected chi connectivity index (χ0v) is 23.0. The number of carbonyl (C=O) groups excluding carboxylic acids is 2. The highest BCUT2D eigenvalue weighted by atomic mass is 32.2. The molecule has 2 aromatic heterocycles. The molecule has 4 aromatic rings. The zero-order valence-electron chi connectivity index (χ0n) is 22.2. The second kappa shape index (κ2) is 12.2. The lowest BCUT2D eigenvalue weighted by Crippen LogP contribution is -2.30. The Hall–Kier alpha value is -4.78. The van der Waals surface area contributed by atoms with Crippen LogP contribution < -0.4 is 10.9 Å². The van der Waals surface area contributed by atoms with Crippen molar-refractivity contribution in [3.05, 3.63) is 99.2 Å². The Morgan fingerprint density at radius 1 is 1.12 bits per heavy atom. The summed E-state index contributed by atoms with van der Waals surface area (Å²) in [5.41, 5.74) is 0.0608. The van der Waals surface area contributed by atoms with Crippen molar-refractivity contribution in [2.24, 2.45) is 0 Å². The van der Waals surface area contributed by atoms with Crippen LogP contribution in [0.1, 0.15) is 27.2 Å². The van der Waals surface area contributed by atoms with Crippen molar-refractivity contribution in [3.63, 3.8) is 0 Å². The van der Waals surface area contributed by atoms with Gasteiger partial charge in [0, 0.05) is 38.5 Å². The number of halogens is 1. The van der Waals surface area contributed by atoms with E-state index in [4.69, 9.17) is 4.74 Å². The van der Waals surface area contributed by atoms with Gasteiger partial charge in [0.15, 0.2) is 15.6 Å². The van der Waals surface area contributed by atoms with Crippen LogP contribution in [0, 0.1) is 5.82 Å². The zero-order chi connectivity index (χ0) is 29.7. The van der Waals surface area contributed by atoms with Crippen molar-refractivity contribution in [2.75, 3.05) is 19.8 Å². The predicted octanol–water partition coefficient (Wildman–Crippen LogP) is 2.91. The molecule has 3 N–H and O–H groups in total. The number of hydrogen-bond acceptors (Lipinski definition) is 8. The lowest BCUT2D eigenvalue weighted by atomic mass is 10.1. The number of likely N-dealkylation sites (N-methyl/N-ethyl adjacent to an activating group) is 1. The SMILES string of the molecule is CN(CCc1ccc2[nH]c(=O)c(C(=O)NCc3ccc(F)cc3S(C)(=O)=O)c(O)c2n1)C(=O)OCc1ccccc1. The van der Waals surface area contributed by atoms with Crippen LogP contribution in [0.15, 0.2) is 70.4 Å². The summed E-state index contributed by atoms with van der Waals surface area (Å²) < 4.78 is 42.9. The van der Waals surface area contributed by atoms with Gasteiger partial charge in [0.1, 0.15) is 23.5 Å². The number of aromatic hydroxyl groups is 1. The summed E-state index contributed by atoms with van der Waals surface area (Å²) in [4.78, 5) is 45.7. The molecule has 2 heterocycles. The molecule has 0 atom stereocenters. The summed E-state index contributed by atoms with van der Waals surface area (Å²) >= 11 is 0. The van der Waals surface area contributed by atoms with Crippen LogP contribution in [0.3, 0.4) is 0 Å². The number of amides is 2. The van der Waals surface area contributed by atoms with Crippen molar-refractivity contribution in [1.29, 1.82) is 0 Å². The highest BCUT2D eigenvalue weighted by Crippen LogP contribution is 2.24. The number of nitrogens with zero attached hydrogens (tertiary/aromatic N) is 2. The van der Waals surface area contributed by atoms with Crippen molar-refractivity contribution in [1.82, 2.24) is 20.2 Å². The molecule has 0 radical (unpaired) electrons. The Balaban J connectivity index is 1.47. The smallest absolute Gasteiger partial charge is 0.409 e. The standard InChI is InChI=1S/C28H27FN4O7S/c1-33(28(37)40-16-17-6-4-3-5-7-17)13-12-20-10-11-21-24(31-20)25(34)23(27(36)32-21)26(35)30-15-18-8-9-19(29)14-22(18)41(2,38)39/h3-11,14H,12-13,15-16H2,1-2H3,(H,30,35)(H2,32,34,36). The summed E-state index contributed by atoms with van der Waals surface area (Å²) in [5.74, 6) is -2.41. The summed E-state index contributed by atoms with van der Waals surface area (Å²) in [5, 5.41) is 13.2.